The van der Waals surface area contributed by atoms with Gasteiger partial charge in [-0.05, 0) is 25.0 Å². The smallest absolute Gasteiger partial charge is 0.312 e. The second-order valence-corrected chi connectivity index (χ2v) is 7.61. The number of ether oxygens (including phenoxy) is 1. The van der Waals surface area contributed by atoms with Gasteiger partial charge in [0.15, 0.2) is 5.75 Å². The number of nitro benzene ring substituents is 1. The number of sulfonamides is 1. The number of methoxy groups -OCH3 is 1. The molecule has 0 aliphatic heterocycles. The largest absolute Gasteiger partial charge is 0.490 e. The highest BCUT2D eigenvalue weighted by Crippen LogP contribution is 2.30. The molecule has 1 aliphatic carbocycles. The fraction of sp³-hybridized carbons (Fsp3) is 0.571. The van der Waals surface area contributed by atoms with E-state index in [0.29, 0.717) is 0 Å². The minimum atomic E-state index is -3.87. The van der Waals surface area contributed by atoms with Crippen molar-refractivity contribution in [3.63, 3.8) is 0 Å². The van der Waals surface area contributed by atoms with Gasteiger partial charge in [-0.15, -0.1) is 0 Å². The van der Waals surface area contributed by atoms with E-state index in [1.807, 2.05) is 0 Å². The molecular weight excluding hydrogens is 322 g/mol. The maximum absolute atomic E-state index is 12.4. The lowest BCUT2D eigenvalue weighted by Gasteiger charge is -2.33. The van der Waals surface area contributed by atoms with Crippen LogP contribution in [0.15, 0.2) is 23.1 Å². The highest BCUT2D eigenvalue weighted by molar-refractivity contribution is 7.89. The summed E-state index contributed by atoms with van der Waals surface area (Å²) in [5.41, 5.74) is 5.27. The molecule has 0 aromatic heterocycles. The first-order valence-electron chi connectivity index (χ1n) is 7.38. The van der Waals surface area contributed by atoms with Crippen molar-refractivity contribution in [2.24, 2.45) is 5.73 Å². The van der Waals surface area contributed by atoms with E-state index in [1.54, 1.807) is 0 Å². The maximum Gasteiger partial charge on any atom is 0.312 e. The highest BCUT2D eigenvalue weighted by atomic mass is 32.2. The Balaban J connectivity index is 2.19. The van der Waals surface area contributed by atoms with Crippen molar-refractivity contribution in [1.82, 2.24) is 4.72 Å². The third kappa shape index (κ3) is 4.18. The SMILES string of the molecule is COc1ccc(S(=O)(=O)NCC2(N)CCCCC2)cc1[N+](=O)[O-]. The van der Waals surface area contributed by atoms with E-state index in [2.05, 4.69) is 4.72 Å². The van der Waals surface area contributed by atoms with E-state index >= 15 is 0 Å². The first-order valence-corrected chi connectivity index (χ1v) is 8.87. The van der Waals surface area contributed by atoms with Crippen LogP contribution >= 0.6 is 0 Å². The lowest BCUT2D eigenvalue weighted by Crippen LogP contribution is -2.51. The second kappa shape index (κ2) is 6.81. The molecule has 0 unspecified atom stereocenters. The van der Waals surface area contributed by atoms with E-state index in [9.17, 15) is 18.5 Å². The van der Waals surface area contributed by atoms with E-state index in [4.69, 9.17) is 10.5 Å². The standard InChI is InChI=1S/C14H21N3O5S/c1-22-13-6-5-11(9-12(13)17(18)19)23(20,21)16-10-14(15)7-3-2-4-8-14/h5-6,9,16H,2-4,7-8,10,15H2,1H3. The van der Waals surface area contributed by atoms with Crippen LogP contribution in [0.2, 0.25) is 0 Å². The molecule has 9 heteroatoms. The van der Waals surface area contributed by atoms with Crippen LogP contribution in [0, 0.1) is 10.1 Å². The summed E-state index contributed by atoms with van der Waals surface area (Å²) < 4.78 is 32.1. The lowest BCUT2D eigenvalue weighted by molar-refractivity contribution is -0.386. The zero-order valence-corrected chi connectivity index (χ0v) is 13.8. The average molecular weight is 343 g/mol. The van der Waals surface area contributed by atoms with Crippen LogP contribution in [0.4, 0.5) is 5.69 Å². The van der Waals surface area contributed by atoms with Crippen LogP contribution in [-0.2, 0) is 10.0 Å². The van der Waals surface area contributed by atoms with Crippen LogP contribution in [0.25, 0.3) is 0 Å². The van der Waals surface area contributed by atoms with Gasteiger partial charge < -0.3 is 10.5 Å². The maximum atomic E-state index is 12.4. The third-order valence-electron chi connectivity index (χ3n) is 4.12. The van der Waals surface area contributed by atoms with Crippen LogP contribution in [0.3, 0.4) is 0 Å². The van der Waals surface area contributed by atoms with Gasteiger partial charge in [-0.2, -0.15) is 0 Å². The Hall–Kier alpha value is -1.71. The first kappa shape index (κ1) is 17.6. The Morgan fingerprint density at radius 1 is 1.35 bits per heavy atom. The van der Waals surface area contributed by atoms with Crippen molar-refractivity contribution < 1.29 is 18.1 Å². The molecular formula is C14H21N3O5S. The van der Waals surface area contributed by atoms with Crippen LogP contribution in [0.1, 0.15) is 32.1 Å². The van der Waals surface area contributed by atoms with Gasteiger partial charge in [0.05, 0.1) is 16.9 Å². The van der Waals surface area contributed by atoms with Crippen LogP contribution in [0.5, 0.6) is 5.75 Å². The molecule has 128 valence electrons. The molecule has 1 aromatic rings. The highest BCUT2D eigenvalue weighted by Gasteiger charge is 2.30. The number of nitrogens with one attached hydrogen (secondary N) is 1. The summed E-state index contributed by atoms with van der Waals surface area (Å²) in [4.78, 5) is 10.2. The van der Waals surface area contributed by atoms with Gasteiger partial charge in [-0.25, -0.2) is 13.1 Å². The molecule has 23 heavy (non-hydrogen) atoms. The molecule has 8 nitrogen and oxygen atoms in total. The molecule has 0 atom stereocenters. The molecule has 3 N–H and O–H groups in total. The van der Waals surface area contributed by atoms with Crippen molar-refractivity contribution in [1.29, 1.82) is 0 Å². The summed E-state index contributed by atoms with van der Waals surface area (Å²) in [7, 11) is -2.58. The van der Waals surface area contributed by atoms with Crippen molar-refractivity contribution >= 4 is 15.7 Å². The molecule has 0 spiro atoms. The Morgan fingerprint density at radius 2 is 2.00 bits per heavy atom. The predicted octanol–water partition coefficient (Wildman–Crippen LogP) is 1.54. The van der Waals surface area contributed by atoms with Gasteiger partial charge in [0.1, 0.15) is 0 Å². The monoisotopic (exact) mass is 343 g/mol. The Kier molecular flexibility index (Phi) is 5.23. The first-order chi connectivity index (χ1) is 10.8. The minimum absolute atomic E-state index is 0.0107. The van der Waals surface area contributed by atoms with E-state index in [-0.39, 0.29) is 17.2 Å². The van der Waals surface area contributed by atoms with Crippen LogP contribution < -0.4 is 15.2 Å². The number of benzene rings is 1. The summed E-state index contributed by atoms with van der Waals surface area (Å²) in [6, 6.07) is 3.54. The fourth-order valence-electron chi connectivity index (χ4n) is 2.73. The quantitative estimate of drug-likeness (QED) is 0.596. The fourth-order valence-corrected chi connectivity index (χ4v) is 3.89. The summed E-state index contributed by atoms with van der Waals surface area (Å²) in [6.07, 6.45) is 4.59. The zero-order chi connectivity index (χ0) is 17.1. The van der Waals surface area contributed by atoms with Crippen molar-refractivity contribution in [2.75, 3.05) is 13.7 Å². The van der Waals surface area contributed by atoms with Gasteiger partial charge in [-0.1, -0.05) is 19.3 Å². The van der Waals surface area contributed by atoms with E-state index in [0.717, 1.165) is 38.2 Å². The molecule has 0 heterocycles. The number of nitro groups is 1. The van der Waals surface area contributed by atoms with E-state index in [1.165, 1.54) is 19.2 Å². The van der Waals surface area contributed by atoms with Gasteiger partial charge in [0.2, 0.25) is 10.0 Å². The molecule has 0 amide bonds. The van der Waals surface area contributed by atoms with Gasteiger partial charge >= 0.3 is 5.69 Å². The Morgan fingerprint density at radius 3 is 2.57 bits per heavy atom. The number of rotatable bonds is 6. The van der Waals surface area contributed by atoms with Crippen molar-refractivity contribution in [3.8, 4) is 5.75 Å². The Bertz CT molecular complexity index is 684. The van der Waals surface area contributed by atoms with Crippen molar-refractivity contribution in [2.45, 2.75) is 42.5 Å². The predicted molar refractivity (Wildman–Crippen MR) is 84.8 cm³/mol. The number of hydrogen-bond donors (Lipinski definition) is 2. The molecule has 1 aliphatic rings. The number of nitrogens with zero attached hydrogens (tertiary/aromatic N) is 1. The number of nitrogens with two attached hydrogens (primary N) is 1. The molecule has 1 aromatic carbocycles. The normalized spacial score (nSPS) is 17.7. The van der Waals surface area contributed by atoms with Crippen molar-refractivity contribution in [3.05, 3.63) is 28.3 Å². The van der Waals surface area contributed by atoms with Crippen LogP contribution in [-0.4, -0.2) is 32.5 Å². The summed E-state index contributed by atoms with van der Waals surface area (Å²) >= 11 is 0. The summed E-state index contributed by atoms with van der Waals surface area (Å²) in [5, 5.41) is 11.0. The van der Waals surface area contributed by atoms with Gasteiger partial charge in [0, 0.05) is 18.2 Å². The molecule has 1 saturated carbocycles. The molecule has 0 bridgehead atoms. The molecule has 0 saturated heterocycles. The van der Waals surface area contributed by atoms with Gasteiger partial charge in [-0.3, -0.25) is 10.1 Å². The zero-order valence-electron chi connectivity index (χ0n) is 12.9. The summed E-state index contributed by atoms with van der Waals surface area (Å²) in [6.45, 7) is 0.120. The van der Waals surface area contributed by atoms with Gasteiger partial charge in [0.25, 0.3) is 0 Å². The van der Waals surface area contributed by atoms with E-state index < -0.39 is 26.2 Å². The molecule has 0 radical (unpaired) electrons. The lowest BCUT2D eigenvalue weighted by atomic mass is 9.83. The average Bonchev–Trinajstić information content (AvgIpc) is 2.53. The molecule has 2 rings (SSSR count). The number of hydrogen-bond acceptors (Lipinski definition) is 6. The topological polar surface area (TPSA) is 125 Å². The minimum Gasteiger partial charge on any atom is -0.490 e. The third-order valence-corrected chi connectivity index (χ3v) is 5.52. The molecule has 1 fully saturated rings. The summed E-state index contributed by atoms with van der Waals surface area (Å²) in [5.74, 6) is 0.0107. The Labute approximate surface area is 135 Å². The second-order valence-electron chi connectivity index (χ2n) is 5.84.